The summed E-state index contributed by atoms with van der Waals surface area (Å²) in [6.45, 7) is 9.66. The van der Waals surface area contributed by atoms with Crippen molar-refractivity contribution in [3.05, 3.63) is 119 Å². The fraction of sp³-hybridized carbons (Fsp3) is 0.361. The van der Waals surface area contributed by atoms with Crippen LogP contribution in [0.3, 0.4) is 0 Å². The van der Waals surface area contributed by atoms with Crippen molar-refractivity contribution in [2.24, 2.45) is 0 Å². The Kier molecular flexibility index (Phi) is 8.86. The van der Waals surface area contributed by atoms with Gasteiger partial charge in [0.2, 0.25) is 0 Å². The molecule has 40 heavy (non-hydrogen) atoms. The van der Waals surface area contributed by atoms with E-state index in [1.807, 2.05) is 37.0 Å². The number of methoxy groups -OCH3 is 1. The molecule has 0 saturated carbocycles. The third kappa shape index (κ3) is 5.93. The number of rotatable bonds is 10. The van der Waals surface area contributed by atoms with Gasteiger partial charge in [-0.25, -0.2) is 0 Å². The first-order valence-electron chi connectivity index (χ1n) is 14.7. The molecule has 2 fully saturated rings. The van der Waals surface area contributed by atoms with Crippen LogP contribution < -0.4 is 4.74 Å². The van der Waals surface area contributed by atoms with Crippen LogP contribution in [0.2, 0.25) is 0 Å². The van der Waals surface area contributed by atoms with Crippen molar-refractivity contribution in [3.8, 4) is 5.75 Å². The van der Waals surface area contributed by atoms with Gasteiger partial charge in [-0.15, -0.1) is 6.58 Å². The minimum absolute atomic E-state index is 0.00422. The Morgan fingerprint density at radius 3 is 2.12 bits per heavy atom. The number of carbonyl (C=O) groups excluding carboxylic acids is 1. The lowest BCUT2D eigenvalue weighted by Gasteiger charge is -2.37. The van der Waals surface area contributed by atoms with E-state index in [4.69, 9.17) is 4.74 Å². The van der Waals surface area contributed by atoms with Gasteiger partial charge in [0.05, 0.1) is 7.11 Å². The third-order valence-corrected chi connectivity index (χ3v) is 8.82. The van der Waals surface area contributed by atoms with Gasteiger partial charge in [0, 0.05) is 36.8 Å². The zero-order valence-electron chi connectivity index (χ0n) is 24.2. The average molecular weight is 535 g/mol. The van der Waals surface area contributed by atoms with E-state index in [0.29, 0.717) is 18.6 Å². The van der Waals surface area contributed by atoms with Crippen molar-refractivity contribution >= 4 is 11.5 Å². The molecule has 0 radical (unpaired) electrons. The first kappa shape index (κ1) is 27.9. The number of likely N-dealkylation sites (N-methyl/N-ethyl adjacent to an activating group) is 1. The zero-order valence-corrected chi connectivity index (χ0v) is 24.2. The number of ether oxygens (including phenoxy) is 1. The summed E-state index contributed by atoms with van der Waals surface area (Å²) in [7, 11) is 1.72. The van der Waals surface area contributed by atoms with E-state index in [0.717, 1.165) is 37.1 Å². The van der Waals surface area contributed by atoms with Crippen LogP contribution in [0.15, 0.2) is 97.1 Å². The molecule has 3 aromatic carbocycles. The van der Waals surface area contributed by atoms with Crippen molar-refractivity contribution in [1.82, 2.24) is 9.80 Å². The lowest BCUT2D eigenvalue weighted by Crippen LogP contribution is -2.41. The molecule has 3 unspecified atom stereocenters. The van der Waals surface area contributed by atoms with Crippen LogP contribution in [0.5, 0.6) is 5.75 Å². The highest BCUT2D eigenvalue weighted by Gasteiger charge is 2.39. The number of hydrogen-bond acceptors (Lipinski definition) is 3. The van der Waals surface area contributed by atoms with Crippen LogP contribution in [0.25, 0.3) is 5.57 Å². The molecule has 2 aliphatic heterocycles. The Labute approximate surface area is 240 Å². The first-order valence-corrected chi connectivity index (χ1v) is 14.7. The second-order valence-corrected chi connectivity index (χ2v) is 11.1. The summed E-state index contributed by atoms with van der Waals surface area (Å²) in [5.41, 5.74) is 7.45. The fourth-order valence-electron chi connectivity index (χ4n) is 6.59. The van der Waals surface area contributed by atoms with Gasteiger partial charge in [0.15, 0.2) is 0 Å². The Bertz CT molecular complexity index is 1310. The molecule has 0 spiro atoms. The van der Waals surface area contributed by atoms with Crippen LogP contribution in [-0.4, -0.2) is 54.0 Å². The molecule has 2 bridgehead atoms. The molecule has 4 heteroatoms. The van der Waals surface area contributed by atoms with Gasteiger partial charge in [-0.1, -0.05) is 66.2 Å². The number of piperidine rings is 1. The van der Waals surface area contributed by atoms with Gasteiger partial charge in [0.25, 0.3) is 5.91 Å². The standard InChI is InChI=1S/C36H42N2O2/c1-5-26(3)37(6-2)36(39)30-16-14-29(15-17-30)35(28-10-8-7-9-11-28)31-24-32-18-19-33(25-31)38(32)23-22-27-12-20-34(40-4)21-13-27/h5,7-17,20-21,26,32-33H,1,6,18-19,22-25H2,2-4H3. The first-order chi connectivity index (χ1) is 19.5. The summed E-state index contributed by atoms with van der Waals surface area (Å²) in [4.78, 5) is 17.8. The highest BCUT2D eigenvalue weighted by molar-refractivity contribution is 5.95. The molecule has 0 N–H and O–H groups in total. The molecule has 0 aromatic heterocycles. The molecule has 208 valence electrons. The summed E-state index contributed by atoms with van der Waals surface area (Å²) < 4.78 is 5.32. The van der Waals surface area contributed by atoms with Crippen LogP contribution in [0, 0.1) is 0 Å². The van der Waals surface area contributed by atoms with E-state index in [-0.39, 0.29) is 11.9 Å². The SMILES string of the molecule is C=CC(C)N(CC)C(=O)c1ccc(C(=C2CC3CCC(C2)N3CCc2ccc(OC)cc2)c2ccccc2)cc1. The van der Waals surface area contributed by atoms with Crippen LogP contribution in [-0.2, 0) is 6.42 Å². The van der Waals surface area contributed by atoms with Crippen molar-refractivity contribution in [2.75, 3.05) is 20.2 Å². The molecule has 2 heterocycles. The average Bonchev–Trinajstić information content (AvgIpc) is 3.24. The second-order valence-electron chi connectivity index (χ2n) is 11.1. The number of hydrogen-bond donors (Lipinski definition) is 0. The second kappa shape index (κ2) is 12.7. The van der Waals surface area contributed by atoms with Crippen molar-refractivity contribution in [1.29, 1.82) is 0 Å². The van der Waals surface area contributed by atoms with Gasteiger partial charge in [-0.05, 0) is 92.5 Å². The fourth-order valence-corrected chi connectivity index (χ4v) is 6.59. The predicted molar refractivity (Wildman–Crippen MR) is 165 cm³/mol. The van der Waals surface area contributed by atoms with Gasteiger partial charge in [-0.2, -0.15) is 0 Å². The van der Waals surface area contributed by atoms with Crippen molar-refractivity contribution < 1.29 is 9.53 Å². The van der Waals surface area contributed by atoms with Crippen LogP contribution in [0.1, 0.15) is 66.6 Å². The molecular formula is C36H42N2O2. The lowest BCUT2D eigenvalue weighted by atomic mass is 9.85. The maximum atomic E-state index is 13.2. The molecule has 2 aliphatic rings. The third-order valence-electron chi connectivity index (χ3n) is 8.82. The maximum Gasteiger partial charge on any atom is 0.254 e. The van der Waals surface area contributed by atoms with E-state index in [9.17, 15) is 4.79 Å². The van der Waals surface area contributed by atoms with Crippen molar-refractivity contribution in [3.63, 3.8) is 0 Å². The van der Waals surface area contributed by atoms with Gasteiger partial charge >= 0.3 is 0 Å². The van der Waals surface area contributed by atoms with Crippen LogP contribution >= 0.6 is 0 Å². The lowest BCUT2D eigenvalue weighted by molar-refractivity contribution is 0.0734. The van der Waals surface area contributed by atoms with E-state index < -0.39 is 0 Å². The molecule has 4 nitrogen and oxygen atoms in total. The molecule has 1 amide bonds. The van der Waals surface area contributed by atoms with E-state index in [2.05, 4.69) is 78.2 Å². The molecule has 3 aromatic rings. The zero-order chi connectivity index (χ0) is 28.1. The summed E-state index contributed by atoms with van der Waals surface area (Å²) in [6, 6.07) is 28.8. The molecule has 0 aliphatic carbocycles. The molecule has 5 rings (SSSR count). The Hall–Kier alpha value is -3.63. The topological polar surface area (TPSA) is 32.8 Å². The van der Waals surface area contributed by atoms with Gasteiger partial charge in [0.1, 0.15) is 5.75 Å². The summed E-state index contributed by atoms with van der Waals surface area (Å²) in [5.74, 6) is 0.968. The monoisotopic (exact) mass is 534 g/mol. The molecule has 2 saturated heterocycles. The van der Waals surface area contributed by atoms with Gasteiger partial charge < -0.3 is 9.64 Å². The minimum Gasteiger partial charge on any atom is -0.497 e. The summed E-state index contributed by atoms with van der Waals surface area (Å²) >= 11 is 0. The van der Waals surface area contributed by atoms with Crippen molar-refractivity contribution in [2.45, 2.75) is 64.1 Å². The van der Waals surface area contributed by atoms with E-state index >= 15 is 0 Å². The Morgan fingerprint density at radius 2 is 1.55 bits per heavy atom. The molecular weight excluding hydrogens is 492 g/mol. The number of carbonyl (C=O) groups is 1. The quantitative estimate of drug-likeness (QED) is 0.254. The predicted octanol–water partition coefficient (Wildman–Crippen LogP) is 7.40. The Morgan fingerprint density at radius 1 is 0.950 bits per heavy atom. The highest BCUT2D eigenvalue weighted by atomic mass is 16.5. The van der Waals surface area contributed by atoms with E-state index in [1.165, 1.54) is 35.1 Å². The van der Waals surface area contributed by atoms with Crippen LogP contribution in [0.4, 0.5) is 0 Å². The van der Waals surface area contributed by atoms with E-state index in [1.54, 1.807) is 12.7 Å². The number of benzene rings is 3. The molecule has 3 atom stereocenters. The summed E-state index contributed by atoms with van der Waals surface area (Å²) in [6.07, 6.45) is 7.62. The number of amides is 1. The smallest absolute Gasteiger partial charge is 0.254 e. The normalized spacial score (nSPS) is 19.2. The summed E-state index contributed by atoms with van der Waals surface area (Å²) in [5, 5.41) is 0. The Balaban J connectivity index is 1.38. The van der Waals surface area contributed by atoms with Gasteiger partial charge in [-0.3, -0.25) is 9.69 Å². The minimum atomic E-state index is 0.00422. The highest BCUT2D eigenvalue weighted by Crippen LogP contribution is 2.43. The largest absolute Gasteiger partial charge is 0.497 e. The maximum absolute atomic E-state index is 13.2. The number of fused-ring (bicyclic) bond motifs is 2. The number of nitrogens with zero attached hydrogens (tertiary/aromatic N) is 2.